The van der Waals surface area contributed by atoms with Crippen LogP contribution < -0.4 is 9.46 Å². The van der Waals surface area contributed by atoms with E-state index in [9.17, 15) is 17.2 Å². The standard InChI is InChI=1S/C19H11Cl2F2N3O3S/c1-29-19-24-9-11(10-25-19)2-4-13-15(22)6-7-16(18(13)23)26-30(27,28)17-8-12(20)3-5-14(17)21/h3,5-10,26H,1H3. The molecule has 0 aliphatic heterocycles. The second kappa shape index (κ2) is 8.83. The lowest BCUT2D eigenvalue weighted by atomic mass is 10.1. The molecule has 154 valence electrons. The Hall–Kier alpha value is -2.93. The number of aromatic nitrogens is 2. The molecule has 0 radical (unpaired) electrons. The molecular weight excluding hydrogens is 459 g/mol. The Bertz CT molecular complexity index is 1270. The van der Waals surface area contributed by atoms with Gasteiger partial charge >= 0.3 is 6.01 Å². The van der Waals surface area contributed by atoms with Crippen molar-refractivity contribution in [3.05, 3.63) is 75.5 Å². The smallest absolute Gasteiger partial charge is 0.316 e. The van der Waals surface area contributed by atoms with Crippen molar-refractivity contribution in [2.75, 3.05) is 11.8 Å². The molecule has 0 saturated carbocycles. The Morgan fingerprint density at radius 1 is 1.07 bits per heavy atom. The van der Waals surface area contributed by atoms with E-state index in [4.69, 9.17) is 27.9 Å². The van der Waals surface area contributed by atoms with Gasteiger partial charge in [-0.05, 0) is 30.3 Å². The van der Waals surface area contributed by atoms with Gasteiger partial charge in [-0.1, -0.05) is 35.0 Å². The first-order chi connectivity index (χ1) is 14.2. The predicted molar refractivity (Wildman–Crippen MR) is 108 cm³/mol. The third-order valence-electron chi connectivity index (χ3n) is 3.66. The van der Waals surface area contributed by atoms with Crippen molar-refractivity contribution in [1.29, 1.82) is 0 Å². The fraction of sp³-hybridized carbons (Fsp3) is 0.0526. The van der Waals surface area contributed by atoms with E-state index in [0.717, 1.165) is 18.2 Å². The molecule has 0 aliphatic rings. The zero-order valence-electron chi connectivity index (χ0n) is 15.1. The fourth-order valence-corrected chi connectivity index (χ4v) is 4.07. The van der Waals surface area contributed by atoms with Gasteiger partial charge in [0.15, 0.2) is 5.82 Å². The van der Waals surface area contributed by atoms with E-state index >= 15 is 0 Å². The second-order valence-corrected chi connectivity index (χ2v) is 8.17. The number of halogens is 4. The number of benzene rings is 2. The van der Waals surface area contributed by atoms with Crippen LogP contribution in [0.3, 0.4) is 0 Å². The van der Waals surface area contributed by atoms with E-state index in [1.165, 1.54) is 31.6 Å². The van der Waals surface area contributed by atoms with Gasteiger partial charge in [-0.15, -0.1) is 0 Å². The van der Waals surface area contributed by atoms with Crippen LogP contribution in [0.15, 0.2) is 47.6 Å². The normalized spacial score (nSPS) is 10.8. The average molecular weight is 470 g/mol. The van der Waals surface area contributed by atoms with Gasteiger partial charge in [0.05, 0.1) is 28.9 Å². The third kappa shape index (κ3) is 4.79. The largest absolute Gasteiger partial charge is 0.467 e. The zero-order chi connectivity index (χ0) is 21.9. The lowest BCUT2D eigenvalue weighted by molar-refractivity contribution is 0.379. The topological polar surface area (TPSA) is 81.2 Å². The molecule has 1 N–H and O–H groups in total. The number of anilines is 1. The summed E-state index contributed by atoms with van der Waals surface area (Å²) in [6.45, 7) is 0. The van der Waals surface area contributed by atoms with E-state index in [-0.39, 0.29) is 26.5 Å². The molecule has 0 atom stereocenters. The summed E-state index contributed by atoms with van der Waals surface area (Å²) >= 11 is 11.7. The number of nitrogens with one attached hydrogen (secondary N) is 1. The summed E-state index contributed by atoms with van der Waals surface area (Å²) in [5.41, 5.74) is -0.878. The summed E-state index contributed by atoms with van der Waals surface area (Å²) in [6.07, 6.45) is 2.62. The molecule has 2 aromatic carbocycles. The minimum absolute atomic E-state index is 0.106. The van der Waals surface area contributed by atoms with Crippen LogP contribution in [0, 0.1) is 23.5 Å². The van der Waals surface area contributed by atoms with Crippen molar-refractivity contribution in [3.8, 4) is 17.9 Å². The quantitative estimate of drug-likeness (QED) is 0.577. The molecule has 0 spiro atoms. The molecule has 30 heavy (non-hydrogen) atoms. The van der Waals surface area contributed by atoms with Crippen LogP contribution in [0.5, 0.6) is 6.01 Å². The molecule has 0 unspecified atom stereocenters. The van der Waals surface area contributed by atoms with Crippen LogP contribution in [-0.2, 0) is 10.0 Å². The lowest BCUT2D eigenvalue weighted by Crippen LogP contribution is -2.15. The summed E-state index contributed by atoms with van der Waals surface area (Å²) < 4.78 is 60.9. The van der Waals surface area contributed by atoms with Crippen LogP contribution >= 0.6 is 23.2 Å². The van der Waals surface area contributed by atoms with Crippen LogP contribution in [0.25, 0.3) is 0 Å². The summed E-state index contributed by atoms with van der Waals surface area (Å²) in [4.78, 5) is 7.30. The van der Waals surface area contributed by atoms with Crippen molar-refractivity contribution in [3.63, 3.8) is 0 Å². The fourth-order valence-electron chi connectivity index (χ4n) is 2.25. The maximum absolute atomic E-state index is 14.8. The molecule has 0 bridgehead atoms. The number of methoxy groups -OCH3 is 1. The number of nitrogens with zero attached hydrogens (tertiary/aromatic N) is 2. The second-order valence-electron chi connectivity index (χ2n) is 5.67. The molecular formula is C19H11Cl2F2N3O3S. The number of ether oxygens (including phenoxy) is 1. The lowest BCUT2D eigenvalue weighted by Gasteiger charge is -2.11. The first kappa shape index (κ1) is 21.8. The number of hydrogen-bond acceptors (Lipinski definition) is 5. The van der Waals surface area contributed by atoms with Crippen molar-refractivity contribution < 1.29 is 21.9 Å². The van der Waals surface area contributed by atoms with Gasteiger partial charge in [0.1, 0.15) is 10.7 Å². The van der Waals surface area contributed by atoms with Gasteiger partial charge in [-0.25, -0.2) is 27.2 Å². The Labute approximate surface area is 180 Å². The van der Waals surface area contributed by atoms with Crippen LogP contribution in [0.2, 0.25) is 10.0 Å². The summed E-state index contributed by atoms with van der Waals surface area (Å²) in [6, 6.07) is 5.72. The molecule has 3 rings (SSSR count). The molecule has 0 fully saturated rings. The summed E-state index contributed by atoms with van der Waals surface area (Å²) in [7, 11) is -2.92. The molecule has 0 aliphatic carbocycles. The Balaban J connectivity index is 1.97. The maximum Gasteiger partial charge on any atom is 0.316 e. The molecule has 6 nitrogen and oxygen atoms in total. The van der Waals surface area contributed by atoms with Gasteiger partial charge in [0.25, 0.3) is 10.0 Å². The highest BCUT2D eigenvalue weighted by Crippen LogP contribution is 2.28. The van der Waals surface area contributed by atoms with Gasteiger partial charge < -0.3 is 4.74 Å². The molecule has 3 aromatic rings. The minimum atomic E-state index is -4.30. The summed E-state index contributed by atoms with van der Waals surface area (Å²) in [5.74, 6) is 2.65. The molecule has 1 heterocycles. The summed E-state index contributed by atoms with van der Waals surface area (Å²) in [5, 5.41) is 0.00144. The first-order valence-electron chi connectivity index (χ1n) is 8.05. The van der Waals surface area contributed by atoms with Gasteiger partial charge in [0, 0.05) is 17.4 Å². The number of rotatable bonds is 4. The van der Waals surface area contributed by atoms with Gasteiger partial charge in [-0.2, -0.15) is 0 Å². The Morgan fingerprint density at radius 2 is 1.77 bits per heavy atom. The maximum atomic E-state index is 14.8. The average Bonchev–Trinajstić information content (AvgIpc) is 2.72. The van der Waals surface area contributed by atoms with Crippen LogP contribution in [0.1, 0.15) is 11.1 Å². The zero-order valence-corrected chi connectivity index (χ0v) is 17.4. The van der Waals surface area contributed by atoms with Crippen molar-refractivity contribution in [1.82, 2.24) is 9.97 Å². The van der Waals surface area contributed by atoms with Crippen molar-refractivity contribution in [2.45, 2.75) is 4.90 Å². The van der Waals surface area contributed by atoms with Crippen molar-refractivity contribution >= 4 is 38.9 Å². The monoisotopic (exact) mass is 469 g/mol. The Kier molecular flexibility index (Phi) is 6.41. The van der Waals surface area contributed by atoms with E-state index in [1.54, 1.807) is 0 Å². The Morgan fingerprint density at radius 3 is 2.43 bits per heavy atom. The third-order valence-corrected chi connectivity index (χ3v) is 5.74. The van der Waals surface area contributed by atoms with Gasteiger partial charge in [-0.3, -0.25) is 4.72 Å². The van der Waals surface area contributed by atoms with E-state index in [1.807, 2.05) is 4.72 Å². The van der Waals surface area contributed by atoms with Crippen LogP contribution in [-0.4, -0.2) is 25.5 Å². The predicted octanol–water partition coefficient (Wildman–Crippen LogP) is 4.27. The molecule has 0 saturated heterocycles. The van der Waals surface area contributed by atoms with Crippen LogP contribution in [0.4, 0.5) is 14.5 Å². The highest BCUT2D eigenvalue weighted by molar-refractivity contribution is 7.92. The van der Waals surface area contributed by atoms with E-state index in [0.29, 0.717) is 0 Å². The number of hydrogen-bond donors (Lipinski definition) is 1. The highest BCUT2D eigenvalue weighted by Gasteiger charge is 2.22. The van der Waals surface area contributed by atoms with E-state index < -0.39 is 32.9 Å². The molecule has 0 amide bonds. The molecule has 11 heteroatoms. The number of sulfonamides is 1. The van der Waals surface area contributed by atoms with Crippen molar-refractivity contribution in [2.24, 2.45) is 0 Å². The highest BCUT2D eigenvalue weighted by atomic mass is 35.5. The van der Waals surface area contributed by atoms with Gasteiger partial charge in [0.2, 0.25) is 0 Å². The molecule has 1 aromatic heterocycles. The first-order valence-corrected chi connectivity index (χ1v) is 10.3. The SMILES string of the molecule is COc1ncc(C#Cc2c(F)ccc(NS(=O)(=O)c3cc(Cl)ccc3Cl)c2F)cn1. The van der Waals surface area contributed by atoms with E-state index in [2.05, 4.69) is 21.8 Å². The minimum Gasteiger partial charge on any atom is -0.467 e.